The van der Waals surface area contributed by atoms with E-state index in [4.69, 9.17) is 25.1 Å². The van der Waals surface area contributed by atoms with Crippen LogP contribution in [-0.2, 0) is 29.0 Å². The number of aliphatic hydroxyl groups excluding tert-OH is 1. The van der Waals surface area contributed by atoms with Gasteiger partial charge in [-0.05, 0) is 70.1 Å². The molecule has 0 saturated heterocycles. The van der Waals surface area contributed by atoms with Gasteiger partial charge in [-0.3, -0.25) is 4.79 Å². The Morgan fingerprint density at radius 3 is 2.32 bits per heavy atom. The van der Waals surface area contributed by atoms with E-state index in [0.29, 0.717) is 36.8 Å². The van der Waals surface area contributed by atoms with Gasteiger partial charge in [0.15, 0.2) is 11.6 Å². The van der Waals surface area contributed by atoms with Crippen molar-refractivity contribution in [1.82, 2.24) is 5.32 Å². The molecule has 1 amide bonds. The van der Waals surface area contributed by atoms with E-state index in [1.807, 2.05) is 122 Å². The van der Waals surface area contributed by atoms with E-state index in [1.165, 1.54) is 0 Å². The molecule has 5 aromatic rings. The summed E-state index contributed by atoms with van der Waals surface area (Å²) >= 11 is 0. The molecule has 1 aliphatic heterocycles. The highest BCUT2D eigenvalue weighted by molar-refractivity contribution is 6.01. The molecule has 1 heterocycles. The van der Waals surface area contributed by atoms with Crippen LogP contribution >= 0.6 is 0 Å². The number of nitrogens with one attached hydrogen (secondary N) is 1. The van der Waals surface area contributed by atoms with Crippen molar-refractivity contribution in [2.45, 2.75) is 44.5 Å². The molecule has 5 aromatic carbocycles. The number of benzene rings is 5. The number of carbonyl (C=O) groups is 1. The topological polar surface area (TPSA) is 129 Å². The van der Waals surface area contributed by atoms with E-state index in [0.717, 1.165) is 38.9 Å². The number of aliphatic hydroxyl groups is 1. The third-order valence-corrected chi connectivity index (χ3v) is 8.77. The Labute approximate surface area is 291 Å². The predicted molar refractivity (Wildman–Crippen MR) is 195 cm³/mol. The number of aryl methyl sites for hydroxylation is 1. The van der Waals surface area contributed by atoms with Crippen molar-refractivity contribution in [3.05, 3.63) is 171 Å². The molecule has 252 valence electrons. The maximum atomic E-state index is 14.8. The van der Waals surface area contributed by atoms with Gasteiger partial charge in [0.1, 0.15) is 5.75 Å². The number of hydrogen-bond donors (Lipinski definition) is 2. The summed E-state index contributed by atoms with van der Waals surface area (Å²) < 4.78 is 12.5. The lowest BCUT2D eigenvalue weighted by Crippen LogP contribution is -2.49. The third kappa shape index (κ3) is 7.87. The largest absolute Gasteiger partial charge is 0.494 e. The molecule has 1 aliphatic rings. The second kappa shape index (κ2) is 16.0. The highest BCUT2D eigenvalue weighted by Crippen LogP contribution is 2.43. The Kier molecular flexibility index (Phi) is 10.9. The lowest BCUT2D eigenvalue weighted by molar-refractivity contribution is -0.129. The highest BCUT2D eigenvalue weighted by atomic mass is 16.5. The third-order valence-electron chi connectivity index (χ3n) is 8.77. The van der Waals surface area contributed by atoms with Crippen molar-refractivity contribution in [3.63, 3.8) is 0 Å². The second-order valence-electron chi connectivity index (χ2n) is 12.3. The molecule has 2 atom stereocenters. The van der Waals surface area contributed by atoms with Crippen molar-refractivity contribution in [1.29, 1.82) is 0 Å². The lowest BCUT2D eigenvalue weighted by Gasteiger charge is -2.31. The fourth-order valence-electron chi connectivity index (χ4n) is 6.20. The van der Waals surface area contributed by atoms with E-state index in [9.17, 15) is 4.79 Å². The van der Waals surface area contributed by atoms with Gasteiger partial charge in [0.25, 0.3) is 5.91 Å². The first-order valence-electron chi connectivity index (χ1n) is 16.7. The summed E-state index contributed by atoms with van der Waals surface area (Å²) in [6, 6.07) is 41.2. The number of carbonyl (C=O) groups excluding carboxylic acids is 1. The summed E-state index contributed by atoms with van der Waals surface area (Å²) in [5.74, 6) is 0.707. The van der Waals surface area contributed by atoms with E-state index < -0.39 is 11.6 Å². The summed E-state index contributed by atoms with van der Waals surface area (Å²) in [5.41, 5.74) is 15.0. The molecule has 2 N–H and O–H groups in total. The average molecular weight is 666 g/mol. The maximum absolute atomic E-state index is 14.8. The Bertz CT molecular complexity index is 1990. The number of azide groups is 1. The van der Waals surface area contributed by atoms with Crippen LogP contribution in [0, 0.1) is 6.92 Å². The minimum Gasteiger partial charge on any atom is -0.494 e. The summed E-state index contributed by atoms with van der Waals surface area (Å²) in [5, 5.41) is 16.2. The van der Waals surface area contributed by atoms with Gasteiger partial charge in [0.05, 0.1) is 13.2 Å². The van der Waals surface area contributed by atoms with E-state index in [1.54, 1.807) is 0 Å². The first-order chi connectivity index (χ1) is 24.5. The lowest BCUT2D eigenvalue weighted by atomic mass is 9.80. The van der Waals surface area contributed by atoms with Crippen molar-refractivity contribution < 1.29 is 19.4 Å². The number of amides is 1. The summed E-state index contributed by atoms with van der Waals surface area (Å²) in [4.78, 5) is 22.9. The van der Waals surface area contributed by atoms with Crippen LogP contribution in [0.4, 0.5) is 0 Å². The Balaban J connectivity index is 1.44. The summed E-state index contributed by atoms with van der Waals surface area (Å²) in [6.07, 6.45) is -0.0578. The zero-order valence-electron chi connectivity index (χ0n) is 27.9. The number of rotatable bonds is 14. The van der Waals surface area contributed by atoms with Gasteiger partial charge in [-0.2, -0.15) is 0 Å². The smallest absolute Gasteiger partial charge is 0.252 e. The SMILES string of the molecule is Cc1cccc(CNC(=O)[C@]2(Cc3ccccc3CN=[N+]=[N-])N=C(c3ccc(OCCCO)cc3)O[C@@H]2c2ccc(-c3ccccc3)cc2)c1. The van der Waals surface area contributed by atoms with Crippen LogP contribution in [0.3, 0.4) is 0 Å². The monoisotopic (exact) mass is 665 g/mol. The van der Waals surface area contributed by atoms with Gasteiger partial charge >= 0.3 is 0 Å². The van der Waals surface area contributed by atoms with Crippen LogP contribution in [0.15, 0.2) is 138 Å². The molecule has 6 rings (SSSR count). The molecule has 0 spiro atoms. The normalized spacial score (nSPS) is 16.5. The summed E-state index contributed by atoms with van der Waals surface area (Å²) in [6.45, 7) is 2.92. The molecule has 0 fully saturated rings. The van der Waals surface area contributed by atoms with Crippen LogP contribution in [0.2, 0.25) is 0 Å². The number of nitrogens with zero attached hydrogens (tertiary/aromatic N) is 4. The molecule has 50 heavy (non-hydrogen) atoms. The van der Waals surface area contributed by atoms with Gasteiger partial charge in [0, 0.05) is 36.5 Å². The fourth-order valence-corrected chi connectivity index (χ4v) is 6.20. The Morgan fingerprint density at radius 2 is 1.60 bits per heavy atom. The zero-order chi connectivity index (χ0) is 34.8. The predicted octanol–water partition coefficient (Wildman–Crippen LogP) is 8.05. The minimum absolute atomic E-state index is 0.0520. The van der Waals surface area contributed by atoms with Gasteiger partial charge < -0.3 is 19.9 Å². The molecule has 9 heteroatoms. The minimum atomic E-state index is -1.42. The van der Waals surface area contributed by atoms with Gasteiger partial charge in [-0.15, -0.1) is 0 Å². The highest BCUT2D eigenvalue weighted by Gasteiger charge is 2.53. The molecular weight excluding hydrogens is 626 g/mol. The number of aliphatic imine (C=N–C) groups is 1. The maximum Gasteiger partial charge on any atom is 0.252 e. The number of hydrogen-bond acceptors (Lipinski definition) is 6. The number of ether oxygens (including phenoxy) is 2. The van der Waals surface area contributed by atoms with Crippen molar-refractivity contribution in [2.75, 3.05) is 13.2 Å². The van der Waals surface area contributed by atoms with Crippen molar-refractivity contribution in [3.8, 4) is 16.9 Å². The average Bonchev–Trinajstić information content (AvgIpc) is 3.54. The zero-order valence-corrected chi connectivity index (χ0v) is 27.9. The van der Waals surface area contributed by atoms with Gasteiger partial charge in [0.2, 0.25) is 5.90 Å². The van der Waals surface area contributed by atoms with Crippen LogP contribution in [-0.4, -0.2) is 35.7 Å². The molecule has 0 bridgehead atoms. The van der Waals surface area contributed by atoms with Crippen LogP contribution in [0.25, 0.3) is 21.6 Å². The first-order valence-corrected chi connectivity index (χ1v) is 16.7. The van der Waals surface area contributed by atoms with E-state index in [2.05, 4.69) is 27.5 Å². The van der Waals surface area contributed by atoms with Crippen molar-refractivity contribution in [2.24, 2.45) is 10.1 Å². The van der Waals surface area contributed by atoms with Crippen LogP contribution in [0.5, 0.6) is 5.75 Å². The van der Waals surface area contributed by atoms with Crippen LogP contribution < -0.4 is 10.1 Å². The van der Waals surface area contributed by atoms with E-state index >= 15 is 0 Å². The molecule has 0 unspecified atom stereocenters. The van der Waals surface area contributed by atoms with Crippen molar-refractivity contribution >= 4 is 11.8 Å². The summed E-state index contributed by atoms with van der Waals surface area (Å²) in [7, 11) is 0. The Morgan fingerprint density at radius 1 is 0.900 bits per heavy atom. The van der Waals surface area contributed by atoms with Gasteiger partial charge in [-0.25, -0.2) is 4.99 Å². The molecular formula is C41H39N5O4. The van der Waals surface area contributed by atoms with Crippen LogP contribution in [0.1, 0.15) is 45.9 Å². The Hall–Kier alpha value is -5.89. The molecule has 0 radical (unpaired) electrons. The quantitative estimate of drug-likeness (QED) is 0.0538. The molecule has 0 aromatic heterocycles. The van der Waals surface area contributed by atoms with E-state index in [-0.39, 0.29) is 25.5 Å². The molecule has 9 nitrogen and oxygen atoms in total. The fraction of sp³-hybridized carbons (Fsp3) is 0.220. The molecule has 0 saturated carbocycles. The molecule has 0 aliphatic carbocycles. The van der Waals surface area contributed by atoms with Gasteiger partial charge in [-0.1, -0.05) is 114 Å². The first kappa shape index (κ1) is 34.0. The standard InChI is InChI=1S/C41H39N5O4/c1-29-9-7-10-30(25-29)27-43-40(48)41(26-35-13-5-6-14-36(35)28-44-46-42)38(33-17-15-32(16-18-33)31-11-3-2-4-12-31)50-39(45-41)34-19-21-37(22-20-34)49-24-8-23-47/h2-7,9-22,25,38,47H,8,23-24,26-28H2,1H3,(H,43,48)/t38-,41-/m1/s1. The second-order valence-corrected chi connectivity index (χ2v) is 12.3.